The van der Waals surface area contributed by atoms with Crippen molar-refractivity contribution in [2.75, 3.05) is 32.2 Å². The molecule has 2 saturated heterocycles. The summed E-state index contributed by atoms with van der Waals surface area (Å²) in [4.78, 5) is 13.6. The fourth-order valence-electron chi connectivity index (χ4n) is 2.91. The molecule has 0 saturated carbocycles. The summed E-state index contributed by atoms with van der Waals surface area (Å²) in [5.74, 6) is 0.216. The average molecular weight is 369 g/mol. The van der Waals surface area contributed by atoms with Crippen molar-refractivity contribution in [3.05, 3.63) is 0 Å². The highest BCUT2D eigenvalue weighted by Crippen LogP contribution is 2.25. The van der Waals surface area contributed by atoms with Crippen LogP contribution in [0.25, 0.3) is 0 Å². The zero-order valence-electron chi connectivity index (χ0n) is 13.3. The molecule has 5 N–H and O–H groups in total. The van der Waals surface area contributed by atoms with E-state index in [1.165, 1.54) is 4.90 Å². The molecule has 0 aromatic carbocycles. The molecule has 2 rings (SSSR count). The predicted molar refractivity (Wildman–Crippen MR) is 83.6 cm³/mol. The van der Waals surface area contributed by atoms with Gasteiger partial charge in [0.1, 0.15) is 24.4 Å². The number of nitrogens with zero attached hydrogens (tertiary/aromatic N) is 1. The second-order valence-corrected chi connectivity index (χ2v) is 6.31. The fraction of sp³-hybridized carbons (Fsp3) is 0.929. The van der Waals surface area contributed by atoms with Crippen LogP contribution in [0.5, 0.6) is 0 Å². The van der Waals surface area contributed by atoms with Crippen molar-refractivity contribution in [1.29, 1.82) is 0 Å². The molecule has 10 heteroatoms. The Balaban J connectivity index is 2.14. The number of amides is 2. The highest BCUT2D eigenvalue weighted by atomic mass is 35.5. The molecule has 0 spiro atoms. The van der Waals surface area contributed by atoms with E-state index in [9.17, 15) is 25.2 Å². The molecular weight excluding hydrogens is 344 g/mol. The summed E-state index contributed by atoms with van der Waals surface area (Å²) in [7, 11) is 0. The number of carbonyl (C=O) groups excluding carboxylic acids is 1. The fourth-order valence-corrected chi connectivity index (χ4v) is 3.00. The molecule has 0 radical (unpaired) electrons. The van der Waals surface area contributed by atoms with E-state index in [1.54, 1.807) is 0 Å². The van der Waals surface area contributed by atoms with E-state index in [2.05, 4.69) is 5.32 Å². The molecular formula is C14H25ClN2O7. The molecule has 2 unspecified atom stereocenters. The van der Waals surface area contributed by atoms with Crippen LogP contribution in [-0.4, -0.2) is 100 Å². The summed E-state index contributed by atoms with van der Waals surface area (Å²) in [5.41, 5.74) is 0. The van der Waals surface area contributed by atoms with E-state index >= 15 is 0 Å². The zero-order valence-corrected chi connectivity index (χ0v) is 14.0. The number of rotatable bonds is 6. The summed E-state index contributed by atoms with van der Waals surface area (Å²) in [6.45, 7) is 0.408. The Morgan fingerprint density at radius 1 is 1.25 bits per heavy atom. The van der Waals surface area contributed by atoms with E-state index in [-0.39, 0.29) is 25.1 Å². The minimum Gasteiger partial charge on any atom is -0.394 e. The quantitative estimate of drug-likeness (QED) is 0.350. The highest BCUT2D eigenvalue weighted by molar-refractivity contribution is 6.18. The Morgan fingerprint density at radius 2 is 2.00 bits per heavy atom. The van der Waals surface area contributed by atoms with Crippen LogP contribution in [0.1, 0.15) is 12.8 Å². The Morgan fingerprint density at radius 3 is 2.58 bits per heavy atom. The largest absolute Gasteiger partial charge is 0.394 e. The van der Waals surface area contributed by atoms with Crippen LogP contribution < -0.4 is 5.32 Å². The third-order valence-electron chi connectivity index (χ3n) is 4.23. The lowest BCUT2D eigenvalue weighted by Gasteiger charge is -2.44. The van der Waals surface area contributed by atoms with Gasteiger partial charge >= 0.3 is 6.03 Å². The third kappa shape index (κ3) is 4.48. The number of alkyl halides is 1. The Hall–Kier alpha value is -0.680. The molecule has 9 nitrogen and oxygen atoms in total. The lowest BCUT2D eigenvalue weighted by molar-refractivity contribution is -0.258. The van der Waals surface area contributed by atoms with Crippen molar-refractivity contribution in [1.82, 2.24) is 10.2 Å². The van der Waals surface area contributed by atoms with Crippen molar-refractivity contribution in [3.8, 4) is 0 Å². The standard InChI is InChI=1S/C14H25ClN2O7/c15-3-4-16-14(22)17(6-8-2-1-5-23-8)13-12(21)11(20)10(19)9(7-18)24-13/h8-13,18-21H,1-7H2,(H,16,22)/t8?,9-,10+,11+,12-,13?/m1/s1. The van der Waals surface area contributed by atoms with Gasteiger partial charge in [-0.1, -0.05) is 0 Å². The smallest absolute Gasteiger partial charge is 0.319 e. The number of hydrogen-bond donors (Lipinski definition) is 5. The predicted octanol–water partition coefficient (Wildman–Crippen LogP) is -1.78. The van der Waals surface area contributed by atoms with Crippen LogP contribution in [0.15, 0.2) is 0 Å². The number of aliphatic hydroxyl groups is 4. The van der Waals surface area contributed by atoms with Crippen molar-refractivity contribution in [2.45, 2.75) is 49.6 Å². The first-order valence-electron chi connectivity index (χ1n) is 8.02. The molecule has 0 aromatic rings. The van der Waals surface area contributed by atoms with Gasteiger partial charge < -0.3 is 35.2 Å². The van der Waals surface area contributed by atoms with Crippen LogP contribution in [0.4, 0.5) is 4.79 Å². The van der Waals surface area contributed by atoms with Gasteiger partial charge in [0.2, 0.25) is 0 Å². The van der Waals surface area contributed by atoms with Gasteiger partial charge in [-0.25, -0.2) is 4.79 Å². The summed E-state index contributed by atoms with van der Waals surface area (Å²) in [5, 5.41) is 41.9. The monoisotopic (exact) mass is 368 g/mol. The minimum absolute atomic E-state index is 0.150. The maximum Gasteiger partial charge on any atom is 0.319 e. The molecule has 24 heavy (non-hydrogen) atoms. The van der Waals surface area contributed by atoms with Crippen LogP contribution in [0.2, 0.25) is 0 Å². The van der Waals surface area contributed by atoms with E-state index in [0.29, 0.717) is 6.61 Å². The first-order valence-corrected chi connectivity index (χ1v) is 8.55. The molecule has 0 aliphatic carbocycles. The second-order valence-electron chi connectivity index (χ2n) is 5.93. The van der Waals surface area contributed by atoms with Crippen LogP contribution >= 0.6 is 11.6 Å². The van der Waals surface area contributed by atoms with Gasteiger partial charge in [-0.15, -0.1) is 11.6 Å². The van der Waals surface area contributed by atoms with E-state index in [1.807, 2.05) is 0 Å². The van der Waals surface area contributed by atoms with E-state index < -0.39 is 43.3 Å². The number of hydrogen-bond acceptors (Lipinski definition) is 7. The Bertz CT molecular complexity index is 409. The molecule has 2 heterocycles. The van der Waals surface area contributed by atoms with Crippen molar-refractivity contribution >= 4 is 17.6 Å². The van der Waals surface area contributed by atoms with Gasteiger partial charge in [0.15, 0.2) is 6.23 Å². The Labute approximate surface area is 145 Å². The molecule has 2 fully saturated rings. The third-order valence-corrected chi connectivity index (χ3v) is 4.42. The first-order chi connectivity index (χ1) is 11.5. The van der Waals surface area contributed by atoms with E-state index in [0.717, 1.165) is 12.8 Å². The first kappa shape index (κ1) is 19.6. The van der Waals surface area contributed by atoms with Gasteiger partial charge in [-0.3, -0.25) is 4.90 Å². The summed E-state index contributed by atoms with van der Waals surface area (Å²) >= 11 is 5.58. The van der Waals surface area contributed by atoms with Gasteiger partial charge in [-0.05, 0) is 12.8 Å². The lowest BCUT2D eigenvalue weighted by atomic mass is 9.97. The number of aliphatic hydroxyl groups excluding tert-OH is 4. The maximum absolute atomic E-state index is 12.4. The maximum atomic E-state index is 12.4. The molecule has 0 bridgehead atoms. The molecule has 2 aliphatic rings. The second kappa shape index (κ2) is 9.14. The van der Waals surface area contributed by atoms with Crippen molar-refractivity contribution in [2.24, 2.45) is 0 Å². The Kier molecular flexibility index (Phi) is 7.48. The van der Waals surface area contributed by atoms with Crippen LogP contribution in [0.3, 0.4) is 0 Å². The number of nitrogens with one attached hydrogen (secondary N) is 1. The molecule has 6 atom stereocenters. The van der Waals surface area contributed by atoms with E-state index in [4.69, 9.17) is 21.1 Å². The van der Waals surface area contributed by atoms with Crippen LogP contribution in [-0.2, 0) is 9.47 Å². The van der Waals surface area contributed by atoms with Crippen molar-refractivity contribution < 1.29 is 34.7 Å². The van der Waals surface area contributed by atoms with Crippen LogP contribution in [0, 0.1) is 0 Å². The average Bonchev–Trinajstić information content (AvgIpc) is 3.09. The van der Waals surface area contributed by atoms with Gasteiger partial charge in [0.25, 0.3) is 0 Å². The lowest BCUT2D eigenvalue weighted by Crippen LogP contribution is -2.65. The number of carbonyl (C=O) groups is 1. The SMILES string of the molecule is O=C(NCCCl)N(CC1CCCO1)C1O[C@H](CO)[C@H](O)[C@H](O)[C@H]1O. The minimum atomic E-state index is -1.55. The van der Waals surface area contributed by atoms with Gasteiger partial charge in [-0.2, -0.15) is 0 Å². The molecule has 0 aromatic heterocycles. The summed E-state index contributed by atoms with van der Waals surface area (Å²) < 4.78 is 11.0. The molecule has 2 aliphatic heterocycles. The number of ether oxygens (including phenoxy) is 2. The highest BCUT2D eigenvalue weighted by Gasteiger charge is 2.47. The topological polar surface area (TPSA) is 132 Å². The molecule has 2 amide bonds. The number of urea groups is 1. The molecule has 140 valence electrons. The normalized spacial score (nSPS) is 36.5. The number of halogens is 1. The summed E-state index contributed by atoms with van der Waals surface area (Å²) in [6.07, 6.45) is -5.43. The zero-order chi connectivity index (χ0) is 17.7. The van der Waals surface area contributed by atoms with Gasteiger partial charge in [0, 0.05) is 19.0 Å². The van der Waals surface area contributed by atoms with Gasteiger partial charge in [0.05, 0.1) is 19.3 Å². The van der Waals surface area contributed by atoms with Crippen molar-refractivity contribution in [3.63, 3.8) is 0 Å². The summed E-state index contributed by atoms with van der Waals surface area (Å²) in [6, 6.07) is -0.532.